The number of hydrogen-bond acceptors (Lipinski definition) is 1. The van der Waals surface area contributed by atoms with Crippen LogP contribution in [0.5, 0.6) is 0 Å². The lowest BCUT2D eigenvalue weighted by atomic mass is 9.96. The van der Waals surface area contributed by atoms with E-state index >= 15 is 0 Å². The van der Waals surface area contributed by atoms with Gasteiger partial charge in [0.15, 0.2) is 0 Å². The maximum atomic E-state index is 6.01. The van der Waals surface area contributed by atoms with Crippen molar-refractivity contribution in [2.45, 2.75) is 26.2 Å². The molecule has 1 nitrogen and oxygen atoms in total. The maximum absolute atomic E-state index is 6.01. The molecule has 0 fully saturated rings. The summed E-state index contributed by atoms with van der Waals surface area (Å²) >= 11 is 6.01. The fourth-order valence-electron chi connectivity index (χ4n) is 1.70. The van der Waals surface area contributed by atoms with Crippen LogP contribution in [0.4, 0.5) is 0 Å². The van der Waals surface area contributed by atoms with Gasteiger partial charge >= 0.3 is 0 Å². The molecule has 2 aromatic rings. The minimum Gasteiger partial charge on any atom is -0.244 e. The topological polar surface area (TPSA) is 12.9 Å². The third kappa shape index (κ3) is 1.98. The highest BCUT2D eigenvalue weighted by Crippen LogP contribution is 2.26. The average molecular weight is 220 g/mol. The van der Waals surface area contributed by atoms with Crippen molar-refractivity contribution in [3.8, 4) is 0 Å². The molecule has 1 atom stereocenters. The molecule has 0 bridgehead atoms. The normalized spacial score (nSPS) is 13.0. The fourth-order valence-corrected chi connectivity index (χ4v) is 1.93. The Labute approximate surface area is 95.1 Å². The van der Waals surface area contributed by atoms with E-state index in [4.69, 9.17) is 11.6 Å². The molecule has 1 heterocycles. The van der Waals surface area contributed by atoms with E-state index in [1.807, 2.05) is 6.07 Å². The van der Waals surface area contributed by atoms with Crippen molar-refractivity contribution in [2.75, 3.05) is 0 Å². The average Bonchev–Trinajstić information content (AvgIpc) is 2.28. The van der Waals surface area contributed by atoms with Crippen LogP contribution in [-0.4, -0.2) is 4.98 Å². The molecule has 15 heavy (non-hydrogen) atoms. The summed E-state index contributed by atoms with van der Waals surface area (Å²) in [7, 11) is 0. The Morgan fingerprint density at radius 3 is 2.87 bits per heavy atom. The second-order valence-corrected chi connectivity index (χ2v) is 4.25. The van der Waals surface area contributed by atoms with Crippen LogP contribution in [0.1, 0.15) is 31.7 Å². The summed E-state index contributed by atoms with van der Waals surface area (Å²) in [6.45, 7) is 4.44. The van der Waals surface area contributed by atoms with Crippen molar-refractivity contribution in [1.29, 1.82) is 0 Å². The minimum absolute atomic E-state index is 0.586. The van der Waals surface area contributed by atoms with Crippen LogP contribution < -0.4 is 0 Å². The lowest BCUT2D eigenvalue weighted by Gasteiger charge is -2.10. The summed E-state index contributed by atoms with van der Waals surface area (Å²) in [4.78, 5) is 4.07. The Hall–Kier alpha value is -1.08. The molecule has 0 aliphatic rings. The standard InChI is InChI=1S/C13H14ClN/c1-3-9(2)10-4-5-12-11(8-10)6-7-15-13(12)14/h4-9H,3H2,1-2H3. The van der Waals surface area contributed by atoms with E-state index in [1.165, 1.54) is 10.9 Å². The first-order valence-corrected chi connectivity index (χ1v) is 5.64. The third-order valence-electron chi connectivity index (χ3n) is 2.92. The van der Waals surface area contributed by atoms with Crippen LogP contribution in [0, 0.1) is 0 Å². The summed E-state index contributed by atoms with van der Waals surface area (Å²) in [5.74, 6) is 0.598. The summed E-state index contributed by atoms with van der Waals surface area (Å²) in [5.41, 5.74) is 1.37. The molecule has 0 aliphatic heterocycles. The molecule has 0 saturated carbocycles. The van der Waals surface area contributed by atoms with Gasteiger partial charge in [-0.25, -0.2) is 4.98 Å². The molecule has 2 heteroatoms. The molecule has 0 N–H and O–H groups in total. The summed E-state index contributed by atoms with van der Waals surface area (Å²) < 4.78 is 0. The number of halogens is 1. The van der Waals surface area contributed by atoms with Crippen molar-refractivity contribution >= 4 is 22.4 Å². The van der Waals surface area contributed by atoms with Crippen LogP contribution in [0.15, 0.2) is 30.5 Å². The molecule has 78 valence electrons. The summed E-state index contributed by atoms with van der Waals surface area (Å²) in [5, 5.41) is 2.79. The van der Waals surface area contributed by atoms with Gasteiger partial charge in [-0.2, -0.15) is 0 Å². The molecule has 0 aliphatic carbocycles. The smallest absolute Gasteiger partial charge is 0.136 e. The highest BCUT2D eigenvalue weighted by Gasteiger charge is 2.05. The van der Waals surface area contributed by atoms with Crippen LogP contribution in [0.3, 0.4) is 0 Å². The van der Waals surface area contributed by atoms with Gasteiger partial charge in [0, 0.05) is 11.6 Å². The lowest BCUT2D eigenvalue weighted by Crippen LogP contribution is -1.91. The van der Waals surface area contributed by atoms with Gasteiger partial charge in [-0.05, 0) is 29.4 Å². The first-order chi connectivity index (χ1) is 7.22. The Balaban J connectivity index is 2.57. The second-order valence-electron chi connectivity index (χ2n) is 3.89. The van der Waals surface area contributed by atoms with Gasteiger partial charge in [0.25, 0.3) is 0 Å². The molecule has 1 aromatic carbocycles. The number of nitrogens with zero attached hydrogens (tertiary/aromatic N) is 1. The summed E-state index contributed by atoms with van der Waals surface area (Å²) in [6, 6.07) is 8.42. The number of pyridine rings is 1. The molecule has 0 saturated heterocycles. The molecule has 2 rings (SSSR count). The van der Waals surface area contributed by atoms with E-state index < -0.39 is 0 Å². The second kappa shape index (κ2) is 4.19. The van der Waals surface area contributed by atoms with Gasteiger partial charge in [-0.1, -0.05) is 43.6 Å². The molecular formula is C13H14ClN. The largest absolute Gasteiger partial charge is 0.244 e. The highest BCUT2D eigenvalue weighted by atomic mass is 35.5. The van der Waals surface area contributed by atoms with Gasteiger partial charge in [0.05, 0.1) is 0 Å². The van der Waals surface area contributed by atoms with Crippen LogP contribution in [-0.2, 0) is 0 Å². The zero-order valence-electron chi connectivity index (χ0n) is 9.00. The van der Waals surface area contributed by atoms with Crippen molar-refractivity contribution in [2.24, 2.45) is 0 Å². The van der Waals surface area contributed by atoms with Crippen LogP contribution in [0.2, 0.25) is 5.15 Å². The Bertz CT molecular complexity index is 479. The molecule has 1 unspecified atom stereocenters. The highest BCUT2D eigenvalue weighted by molar-refractivity contribution is 6.34. The van der Waals surface area contributed by atoms with E-state index in [1.54, 1.807) is 6.20 Å². The number of hydrogen-bond donors (Lipinski definition) is 0. The minimum atomic E-state index is 0.586. The van der Waals surface area contributed by atoms with Gasteiger partial charge in [-0.15, -0.1) is 0 Å². The van der Waals surface area contributed by atoms with Crippen molar-refractivity contribution in [3.05, 3.63) is 41.2 Å². The predicted octanol–water partition coefficient (Wildman–Crippen LogP) is 4.40. The molecule has 0 radical (unpaired) electrons. The van der Waals surface area contributed by atoms with Crippen molar-refractivity contribution in [3.63, 3.8) is 0 Å². The van der Waals surface area contributed by atoms with E-state index in [-0.39, 0.29) is 0 Å². The first kappa shape index (κ1) is 10.4. The summed E-state index contributed by atoms with van der Waals surface area (Å²) in [6.07, 6.45) is 2.91. The first-order valence-electron chi connectivity index (χ1n) is 5.26. The maximum Gasteiger partial charge on any atom is 0.136 e. The van der Waals surface area contributed by atoms with E-state index in [0.29, 0.717) is 11.1 Å². The predicted molar refractivity (Wildman–Crippen MR) is 65.5 cm³/mol. The SMILES string of the molecule is CCC(C)c1ccc2c(Cl)nccc2c1. The third-order valence-corrected chi connectivity index (χ3v) is 3.22. The number of benzene rings is 1. The van der Waals surface area contributed by atoms with Crippen LogP contribution >= 0.6 is 11.6 Å². The number of aromatic nitrogens is 1. The Morgan fingerprint density at radius 2 is 2.13 bits per heavy atom. The van der Waals surface area contributed by atoms with Gasteiger partial charge in [-0.3, -0.25) is 0 Å². The quantitative estimate of drug-likeness (QED) is 0.683. The van der Waals surface area contributed by atoms with Crippen molar-refractivity contribution in [1.82, 2.24) is 4.98 Å². The van der Waals surface area contributed by atoms with Gasteiger partial charge in [0.1, 0.15) is 5.15 Å². The molecule has 1 aromatic heterocycles. The molecule has 0 spiro atoms. The monoisotopic (exact) mass is 219 g/mol. The Kier molecular flexibility index (Phi) is 2.92. The van der Waals surface area contributed by atoms with Crippen molar-refractivity contribution < 1.29 is 0 Å². The molecular weight excluding hydrogens is 206 g/mol. The van der Waals surface area contributed by atoms with E-state index in [9.17, 15) is 0 Å². The van der Waals surface area contributed by atoms with E-state index in [0.717, 1.165) is 11.8 Å². The molecule has 0 amide bonds. The zero-order chi connectivity index (χ0) is 10.8. The van der Waals surface area contributed by atoms with Gasteiger partial charge in [0.2, 0.25) is 0 Å². The van der Waals surface area contributed by atoms with Gasteiger partial charge < -0.3 is 0 Å². The van der Waals surface area contributed by atoms with E-state index in [2.05, 4.69) is 37.0 Å². The fraction of sp³-hybridized carbons (Fsp3) is 0.308. The van der Waals surface area contributed by atoms with Crippen LogP contribution in [0.25, 0.3) is 10.8 Å². The number of rotatable bonds is 2. The number of fused-ring (bicyclic) bond motifs is 1. The zero-order valence-corrected chi connectivity index (χ0v) is 9.75. The Morgan fingerprint density at radius 1 is 1.33 bits per heavy atom. The lowest BCUT2D eigenvalue weighted by molar-refractivity contribution is 0.735.